The lowest BCUT2D eigenvalue weighted by molar-refractivity contribution is -0.125. The van der Waals surface area contributed by atoms with Crippen molar-refractivity contribution in [3.63, 3.8) is 0 Å². The smallest absolute Gasteiger partial charge is 0.258 e. The molecule has 1 aromatic carbocycles. The van der Waals surface area contributed by atoms with Crippen LogP contribution in [0.25, 0.3) is 0 Å². The minimum atomic E-state index is -0.381. The third-order valence-corrected chi connectivity index (χ3v) is 3.72. The van der Waals surface area contributed by atoms with Gasteiger partial charge in [0.25, 0.3) is 5.91 Å². The van der Waals surface area contributed by atoms with Crippen LogP contribution in [-0.2, 0) is 16.6 Å². The third kappa shape index (κ3) is 5.23. The van der Waals surface area contributed by atoms with Crippen LogP contribution in [-0.4, -0.2) is 41.4 Å². The molecular formula is C18H24N4O4. The molecule has 2 N–H and O–H groups in total. The number of aryl methyl sites for hydroxylation is 2. The summed E-state index contributed by atoms with van der Waals surface area (Å²) < 4.78 is 12.4. The van der Waals surface area contributed by atoms with Crippen molar-refractivity contribution >= 4 is 17.5 Å². The zero-order valence-corrected chi connectivity index (χ0v) is 15.5. The summed E-state index contributed by atoms with van der Waals surface area (Å²) in [5, 5.41) is 9.50. The molecule has 0 fully saturated rings. The molecule has 2 rings (SSSR count). The number of nitrogens with one attached hydrogen (secondary N) is 2. The largest absolute Gasteiger partial charge is 0.494 e. The lowest BCUT2D eigenvalue weighted by atomic mass is 10.3. The van der Waals surface area contributed by atoms with Gasteiger partial charge in [0.2, 0.25) is 5.91 Å². The highest BCUT2D eigenvalue weighted by Crippen LogP contribution is 2.18. The number of anilines is 1. The van der Waals surface area contributed by atoms with Crippen molar-refractivity contribution in [3.8, 4) is 11.5 Å². The number of aromatic nitrogens is 2. The molecule has 1 heterocycles. The van der Waals surface area contributed by atoms with Crippen molar-refractivity contribution in [1.82, 2.24) is 15.1 Å². The molecule has 0 atom stereocenters. The van der Waals surface area contributed by atoms with E-state index in [1.54, 1.807) is 36.0 Å². The van der Waals surface area contributed by atoms with Crippen molar-refractivity contribution in [2.75, 3.05) is 25.1 Å². The third-order valence-electron chi connectivity index (χ3n) is 3.72. The minimum Gasteiger partial charge on any atom is -0.494 e. The average molecular weight is 360 g/mol. The van der Waals surface area contributed by atoms with E-state index in [4.69, 9.17) is 9.47 Å². The highest BCUT2D eigenvalue weighted by Gasteiger charge is 2.13. The molecule has 26 heavy (non-hydrogen) atoms. The summed E-state index contributed by atoms with van der Waals surface area (Å²) in [6.07, 6.45) is 0. The molecule has 0 saturated carbocycles. The van der Waals surface area contributed by atoms with Gasteiger partial charge >= 0.3 is 0 Å². The van der Waals surface area contributed by atoms with Crippen LogP contribution < -0.4 is 20.1 Å². The molecule has 0 aliphatic carbocycles. The standard InChI is InChI=1S/C18H24N4O4/c1-5-25-14-6-8-15(9-7-14)26-11-17(24)19-10-16(23)20-18-12(2)21-22(4)13(18)3/h6-9H,5,10-11H2,1-4H3,(H,19,24)(H,20,23). The lowest BCUT2D eigenvalue weighted by Crippen LogP contribution is -2.35. The van der Waals surface area contributed by atoms with Crippen molar-refractivity contribution in [3.05, 3.63) is 35.7 Å². The van der Waals surface area contributed by atoms with E-state index in [0.29, 0.717) is 18.0 Å². The first kappa shape index (κ1) is 19.3. The zero-order chi connectivity index (χ0) is 19.1. The lowest BCUT2D eigenvalue weighted by Gasteiger charge is -2.09. The second-order valence-corrected chi connectivity index (χ2v) is 5.69. The first-order chi connectivity index (χ1) is 12.4. The van der Waals surface area contributed by atoms with E-state index in [1.807, 2.05) is 20.8 Å². The Kier molecular flexibility index (Phi) is 6.60. The number of carbonyl (C=O) groups excluding carboxylic acids is 2. The average Bonchev–Trinajstić information content (AvgIpc) is 2.86. The fourth-order valence-electron chi connectivity index (χ4n) is 2.32. The van der Waals surface area contributed by atoms with Gasteiger partial charge in [-0.1, -0.05) is 0 Å². The first-order valence-electron chi connectivity index (χ1n) is 8.33. The summed E-state index contributed by atoms with van der Waals surface area (Å²) in [6, 6.07) is 6.98. The van der Waals surface area contributed by atoms with Gasteiger partial charge in [-0.25, -0.2) is 0 Å². The van der Waals surface area contributed by atoms with E-state index >= 15 is 0 Å². The number of hydrogen-bond donors (Lipinski definition) is 2. The number of hydrogen-bond acceptors (Lipinski definition) is 5. The summed E-state index contributed by atoms with van der Waals surface area (Å²) in [5.41, 5.74) is 2.24. The number of amides is 2. The minimum absolute atomic E-state index is 0.140. The fraction of sp³-hybridized carbons (Fsp3) is 0.389. The summed E-state index contributed by atoms with van der Waals surface area (Å²) in [7, 11) is 1.80. The van der Waals surface area contributed by atoms with E-state index in [-0.39, 0.29) is 25.0 Å². The SMILES string of the molecule is CCOc1ccc(OCC(=O)NCC(=O)Nc2c(C)nn(C)c2C)cc1. The van der Waals surface area contributed by atoms with Gasteiger partial charge in [-0.2, -0.15) is 5.10 Å². The molecule has 8 nitrogen and oxygen atoms in total. The van der Waals surface area contributed by atoms with Crippen LogP contribution in [0.2, 0.25) is 0 Å². The van der Waals surface area contributed by atoms with Crippen molar-refractivity contribution < 1.29 is 19.1 Å². The van der Waals surface area contributed by atoms with Crippen molar-refractivity contribution in [2.24, 2.45) is 7.05 Å². The molecular weight excluding hydrogens is 336 g/mol. The highest BCUT2D eigenvalue weighted by molar-refractivity contribution is 5.95. The summed E-state index contributed by atoms with van der Waals surface area (Å²) in [4.78, 5) is 23.8. The molecule has 2 aromatic rings. The van der Waals surface area contributed by atoms with Gasteiger partial charge in [0.05, 0.1) is 30.2 Å². The van der Waals surface area contributed by atoms with Crippen LogP contribution in [0.1, 0.15) is 18.3 Å². The number of carbonyl (C=O) groups is 2. The second kappa shape index (κ2) is 8.89. The molecule has 0 bridgehead atoms. The van der Waals surface area contributed by atoms with Gasteiger partial charge in [0.15, 0.2) is 6.61 Å². The van der Waals surface area contributed by atoms with Crippen LogP contribution >= 0.6 is 0 Å². The van der Waals surface area contributed by atoms with Crippen LogP contribution in [0, 0.1) is 13.8 Å². The fourth-order valence-corrected chi connectivity index (χ4v) is 2.32. The Labute approximate surface area is 152 Å². The van der Waals surface area contributed by atoms with E-state index in [9.17, 15) is 9.59 Å². The topological polar surface area (TPSA) is 94.5 Å². The molecule has 0 radical (unpaired) electrons. The Hall–Kier alpha value is -3.03. The highest BCUT2D eigenvalue weighted by atomic mass is 16.5. The Bertz CT molecular complexity index is 768. The zero-order valence-electron chi connectivity index (χ0n) is 15.5. The van der Waals surface area contributed by atoms with Gasteiger partial charge in [-0.05, 0) is 45.0 Å². The molecule has 140 valence electrons. The van der Waals surface area contributed by atoms with E-state index in [0.717, 1.165) is 17.1 Å². The van der Waals surface area contributed by atoms with Crippen molar-refractivity contribution in [1.29, 1.82) is 0 Å². The predicted molar refractivity (Wildman–Crippen MR) is 97.4 cm³/mol. The summed E-state index contributed by atoms with van der Waals surface area (Å²) in [5.74, 6) is 0.587. The van der Waals surface area contributed by atoms with Crippen LogP contribution in [0.4, 0.5) is 5.69 Å². The quantitative estimate of drug-likeness (QED) is 0.745. The number of benzene rings is 1. The van der Waals surface area contributed by atoms with Gasteiger partial charge in [-0.3, -0.25) is 14.3 Å². The number of nitrogens with zero attached hydrogens (tertiary/aromatic N) is 2. The Balaban J connectivity index is 1.75. The maximum atomic E-state index is 12.0. The summed E-state index contributed by atoms with van der Waals surface area (Å²) >= 11 is 0. The maximum Gasteiger partial charge on any atom is 0.258 e. The first-order valence-corrected chi connectivity index (χ1v) is 8.33. The number of rotatable bonds is 8. The van der Waals surface area contributed by atoms with Crippen LogP contribution in [0.3, 0.4) is 0 Å². The summed E-state index contributed by atoms with van der Waals surface area (Å²) in [6.45, 7) is 5.85. The number of ether oxygens (including phenoxy) is 2. The van der Waals surface area contributed by atoms with Gasteiger partial charge in [0.1, 0.15) is 11.5 Å². The molecule has 1 aromatic heterocycles. The van der Waals surface area contributed by atoms with E-state index in [2.05, 4.69) is 15.7 Å². The maximum absolute atomic E-state index is 12.0. The Morgan fingerprint density at radius 1 is 1.08 bits per heavy atom. The van der Waals surface area contributed by atoms with E-state index in [1.165, 1.54) is 0 Å². The van der Waals surface area contributed by atoms with E-state index < -0.39 is 0 Å². The van der Waals surface area contributed by atoms with Gasteiger partial charge in [0, 0.05) is 7.05 Å². The monoisotopic (exact) mass is 360 g/mol. The molecule has 8 heteroatoms. The Morgan fingerprint density at radius 2 is 1.69 bits per heavy atom. The van der Waals surface area contributed by atoms with Gasteiger partial charge < -0.3 is 20.1 Å². The second-order valence-electron chi connectivity index (χ2n) is 5.69. The molecule has 0 aliphatic rings. The van der Waals surface area contributed by atoms with Crippen LogP contribution in [0.5, 0.6) is 11.5 Å². The van der Waals surface area contributed by atoms with Gasteiger partial charge in [-0.15, -0.1) is 0 Å². The molecule has 0 unspecified atom stereocenters. The molecule has 0 spiro atoms. The molecule has 0 saturated heterocycles. The molecule has 2 amide bonds. The predicted octanol–water partition coefficient (Wildman–Crippen LogP) is 1.57. The Morgan fingerprint density at radius 3 is 2.23 bits per heavy atom. The van der Waals surface area contributed by atoms with Crippen LogP contribution in [0.15, 0.2) is 24.3 Å². The van der Waals surface area contributed by atoms with Crippen molar-refractivity contribution in [2.45, 2.75) is 20.8 Å². The molecule has 0 aliphatic heterocycles. The normalized spacial score (nSPS) is 10.3.